The molecule has 0 aliphatic carbocycles. The summed E-state index contributed by atoms with van der Waals surface area (Å²) in [6.07, 6.45) is 0. The Morgan fingerprint density at radius 2 is 1.96 bits per heavy atom. The van der Waals surface area contributed by atoms with Crippen LogP contribution < -0.4 is 0 Å². The molecule has 0 amide bonds. The Balaban J connectivity index is 1.49. The van der Waals surface area contributed by atoms with Crippen LogP contribution in [0.5, 0.6) is 0 Å². The highest BCUT2D eigenvalue weighted by Gasteiger charge is 2.19. The van der Waals surface area contributed by atoms with Crippen LogP contribution in [0, 0.1) is 6.92 Å². The molecule has 2 heterocycles. The Morgan fingerprint density at radius 1 is 1.17 bits per heavy atom. The van der Waals surface area contributed by atoms with Crippen LogP contribution >= 0.6 is 0 Å². The molecule has 3 rings (SSSR count). The molecule has 0 radical (unpaired) electrons. The van der Waals surface area contributed by atoms with Gasteiger partial charge < -0.3 is 9.26 Å². The summed E-state index contributed by atoms with van der Waals surface area (Å²) in [4.78, 5) is 9.36. The van der Waals surface area contributed by atoms with Crippen molar-refractivity contribution in [3.63, 3.8) is 0 Å². The Kier molecular flexibility index (Phi) is 5.96. The van der Waals surface area contributed by atoms with Crippen molar-refractivity contribution in [1.82, 2.24) is 19.9 Å². The average Bonchev–Trinajstić information content (AvgIpc) is 3.05. The summed E-state index contributed by atoms with van der Waals surface area (Å²) >= 11 is 0. The van der Waals surface area contributed by atoms with Crippen molar-refractivity contribution in [3.05, 3.63) is 35.7 Å². The molecule has 6 nitrogen and oxygen atoms in total. The lowest BCUT2D eigenvalue weighted by Crippen LogP contribution is -2.46. The average molecular weight is 330 g/mol. The molecule has 24 heavy (non-hydrogen) atoms. The molecular formula is C18H26N4O2. The SMILES string of the molecule is CCOCCN1CCN(Cc2noc(-c3cccc(C)c3)n2)CC1. The molecule has 1 saturated heterocycles. The van der Waals surface area contributed by atoms with E-state index in [0.29, 0.717) is 5.89 Å². The van der Waals surface area contributed by atoms with Crippen molar-refractivity contribution < 1.29 is 9.26 Å². The number of aryl methyl sites for hydroxylation is 1. The van der Waals surface area contributed by atoms with E-state index < -0.39 is 0 Å². The van der Waals surface area contributed by atoms with Crippen LogP contribution in [-0.2, 0) is 11.3 Å². The Morgan fingerprint density at radius 3 is 2.71 bits per heavy atom. The number of benzene rings is 1. The van der Waals surface area contributed by atoms with Gasteiger partial charge in [-0.2, -0.15) is 4.98 Å². The van der Waals surface area contributed by atoms with E-state index in [4.69, 9.17) is 9.26 Å². The maximum absolute atomic E-state index is 5.42. The third-order valence-electron chi connectivity index (χ3n) is 4.32. The number of aromatic nitrogens is 2. The Bertz CT molecular complexity index is 635. The molecule has 1 aromatic heterocycles. The van der Waals surface area contributed by atoms with Crippen molar-refractivity contribution in [2.75, 3.05) is 45.9 Å². The van der Waals surface area contributed by atoms with Gasteiger partial charge in [-0.15, -0.1) is 0 Å². The third kappa shape index (κ3) is 4.63. The summed E-state index contributed by atoms with van der Waals surface area (Å²) in [6, 6.07) is 8.14. The fourth-order valence-corrected chi connectivity index (χ4v) is 2.92. The zero-order valence-electron chi connectivity index (χ0n) is 14.6. The number of rotatable bonds is 7. The van der Waals surface area contributed by atoms with E-state index in [1.807, 2.05) is 19.1 Å². The maximum Gasteiger partial charge on any atom is 0.257 e. The molecule has 0 spiro atoms. The fourth-order valence-electron chi connectivity index (χ4n) is 2.92. The van der Waals surface area contributed by atoms with Crippen LogP contribution in [-0.4, -0.2) is 65.9 Å². The predicted molar refractivity (Wildman–Crippen MR) is 92.7 cm³/mol. The fraction of sp³-hybridized carbons (Fsp3) is 0.556. The van der Waals surface area contributed by atoms with Crippen molar-refractivity contribution >= 4 is 0 Å². The molecule has 0 saturated carbocycles. The molecule has 1 fully saturated rings. The minimum Gasteiger partial charge on any atom is -0.380 e. The zero-order valence-corrected chi connectivity index (χ0v) is 14.6. The second kappa shape index (κ2) is 8.37. The van der Waals surface area contributed by atoms with Crippen LogP contribution in [0.3, 0.4) is 0 Å². The lowest BCUT2D eigenvalue weighted by Gasteiger charge is -2.33. The van der Waals surface area contributed by atoms with Crippen LogP contribution in [0.15, 0.2) is 28.8 Å². The predicted octanol–water partition coefficient (Wildman–Crippen LogP) is 2.20. The molecule has 0 N–H and O–H groups in total. The Hall–Kier alpha value is -1.76. The first-order valence-electron chi connectivity index (χ1n) is 8.66. The second-order valence-electron chi connectivity index (χ2n) is 6.20. The third-order valence-corrected chi connectivity index (χ3v) is 4.32. The number of nitrogens with zero attached hydrogens (tertiary/aromatic N) is 4. The lowest BCUT2D eigenvalue weighted by molar-refractivity contribution is 0.0775. The minimum atomic E-state index is 0.601. The molecule has 1 aliphatic rings. The van der Waals surface area contributed by atoms with E-state index in [0.717, 1.165) is 63.9 Å². The first kappa shape index (κ1) is 17.1. The van der Waals surface area contributed by atoms with E-state index >= 15 is 0 Å². The largest absolute Gasteiger partial charge is 0.380 e. The summed E-state index contributed by atoms with van der Waals surface area (Å²) in [5.41, 5.74) is 2.17. The summed E-state index contributed by atoms with van der Waals surface area (Å²) in [6.45, 7) is 11.7. The molecular weight excluding hydrogens is 304 g/mol. The number of ether oxygens (including phenoxy) is 1. The second-order valence-corrected chi connectivity index (χ2v) is 6.20. The number of hydrogen-bond acceptors (Lipinski definition) is 6. The quantitative estimate of drug-likeness (QED) is 0.726. The molecule has 1 aromatic carbocycles. The van der Waals surface area contributed by atoms with Gasteiger partial charge in [-0.05, 0) is 26.0 Å². The monoisotopic (exact) mass is 330 g/mol. The lowest BCUT2D eigenvalue weighted by atomic mass is 10.1. The highest BCUT2D eigenvalue weighted by molar-refractivity contribution is 5.53. The van der Waals surface area contributed by atoms with Crippen LogP contribution in [0.4, 0.5) is 0 Å². The molecule has 6 heteroatoms. The standard InChI is InChI=1S/C18H26N4O2/c1-3-23-12-11-21-7-9-22(10-8-21)14-17-19-18(24-20-17)16-6-4-5-15(2)13-16/h4-6,13H,3,7-12,14H2,1-2H3. The molecule has 1 aliphatic heterocycles. The first-order valence-corrected chi connectivity index (χ1v) is 8.66. The van der Waals surface area contributed by atoms with Gasteiger partial charge in [0.2, 0.25) is 0 Å². The zero-order chi connectivity index (χ0) is 16.8. The summed E-state index contributed by atoms with van der Waals surface area (Å²) < 4.78 is 10.8. The summed E-state index contributed by atoms with van der Waals surface area (Å²) in [5.74, 6) is 1.36. The van der Waals surface area contributed by atoms with Gasteiger partial charge in [0.1, 0.15) is 0 Å². The van der Waals surface area contributed by atoms with Crippen LogP contribution in [0.1, 0.15) is 18.3 Å². The van der Waals surface area contributed by atoms with Crippen LogP contribution in [0.25, 0.3) is 11.5 Å². The van der Waals surface area contributed by atoms with Crippen molar-refractivity contribution in [3.8, 4) is 11.5 Å². The van der Waals surface area contributed by atoms with E-state index in [-0.39, 0.29) is 0 Å². The van der Waals surface area contributed by atoms with Crippen molar-refractivity contribution in [1.29, 1.82) is 0 Å². The van der Waals surface area contributed by atoms with E-state index in [2.05, 4.69) is 39.0 Å². The minimum absolute atomic E-state index is 0.601. The van der Waals surface area contributed by atoms with Gasteiger partial charge in [-0.3, -0.25) is 9.80 Å². The summed E-state index contributed by atoms with van der Waals surface area (Å²) in [7, 11) is 0. The van der Waals surface area contributed by atoms with Gasteiger partial charge in [0, 0.05) is 44.9 Å². The number of hydrogen-bond donors (Lipinski definition) is 0. The molecule has 130 valence electrons. The smallest absolute Gasteiger partial charge is 0.257 e. The maximum atomic E-state index is 5.42. The van der Waals surface area contributed by atoms with Crippen LogP contribution in [0.2, 0.25) is 0 Å². The Labute approximate surface area is 143 Å². The van der Waals surface area contributed by atoms with Gasteiger partial charge in [-0.25, -0.2) is 0 Å². The van der Waals surface area contributed by atoms with E-state index in [9.17, 15) is 0 Å². The highest BCUT2D eigenvalue weighted by Crippen LogP contribution is 2.18. The van der Waals surface area contributed by atoms with Gasteiger partial charge in [0.25, 0.3) is 5.89 Å². The highest BCUT2D eigenvalue weighted by atomic mass is 16.5. The van der Waals surface area contributed by atoms with Crippen molar-refractivity contribution in [2.24, 2.45) is 0 Å². The molecule has 0 bridgehead atoms. The molecule has 0 unspecified atom stereocenters. The van der Waals surface area contributed by atoms with Gasteiger partial charge in [-0.1, -0.05) is 22.9 Å². The van der Waals surface area contributed by atoms with E-state index in [1.54, 1.807) is 0 Å². The normalized spacial score (nSPS) is 16.6. The topological polar surface area (TPSA) is 54.6 Å². The molecule has 0 atom stereocenters. The molecule has 2 aromatic rings. The first-order chi connectivity index (χ1) is 11.7. The summed E-state index contributed by atoms with van der Waals surface area (Å²) in [5, 5.41) is 4.13. The van der Waals surface area contributed by atoms with Crippen molar-refractivity contribution in [2.45, 2.75) is 20.4 Å². The number of piperazine rings is 1. The van der Waals surface area contributed by atoms with Gasteiger partial charge in [0.15, 0.2) is 5.82 Å². The van der Waals surface area contributed by atoms with Gasteiger partial charge >= 0.3 is 0 Å². The van der Waals surface area contributed by atoms with Gasteiger partial charge in [0.05, 0.1) is 13.2 Å². The van der Waals surface area contributed by atoms with E-state index in [1.165, 1.54) is 5.56 Å².